The molecule has 0 N–H and O–H groups in total. The fraction of sp³-hybridized carbons (Fsp3) is 0. The number of rotatable bonds is 0. The Labute approximate surface area is 166 Å². The van der Waals surface area contributed by atoms with E-state index in [1.807, 2.05) is 48.5 Å². The van der Waals surface area contributed by atoms with Crippen LogP contribution in [-0.2, 0) is 11.8 Å². The molecular weight excluding hydrogens is 395 g/mol. The number of hydrogen-bond acceptors (Lipinski definition) is 3. The van der Waals surface area contributed by atoms with Gasteiger partial charge in [-0.2, -0.15) is 0 Å². The van der Waals surface area contributed by atoms with Gasteiger partial charge in [-0.25, -0.2) is 0 Å². The van der Waals surface area contributed by atoms with Crippen LogP contribution in [0.5, 0.6) is 23.0 Å². The van der Waals surface area contributed by atoms with E-state index in [0.717, 1.165) is 49.7 Å². The summed E-state index contributed by atoms with van der Waals surface area (Å²) in [7, 11) is 0. The van der Waals surface area contributed by atoms with E-state index in [2.05, 4.69) is 24.3 Å². The van der Waals surface area contributed by atoms with Gasteiger partial charge in [-0.3, -0.25) is 0 Å². The van der Waals surface area contributed by atoms with Crippen molar-refractivity contribution in [2.75, 3.05) is 0 Å². The van der Waals surface area contributed by atoms with Gasteiger partial charge in [0.25, 0.3) is 0 Å². The zero-order chi connectivity index (χ0) is 18.2. The van der Waals surface area contributed by atoms with Gasteiger partial charge < -0.3 is 9.47 Å². The number of halogens is 1. The van der Waals surface area contributed by atoms with Crippen LogP contribution < -0.4 is 25.4 Å². The molecular formula is C22H12ClO2PS. The maximum Gasteiger partial charge on any atom is 0.140 e. The number of ether oxygens (including phenoxy) is 2. The van der Waals surface area contributed by atoms with Crippen LogP contribution in [0.25, 0.3) is 10.8 Å². The molecule has 2 aliphatic rings. The summed E-state index contributed by atoms with van der Waals surface area (Å²) in [5.74, 6) is 3.14. The predicted molar refractivity (Wildman–Crippen MR) is 115 cm³/mol. The Hall–Kier alpha value is -2.32. The quantitative estimate of drug-likeness (QED) is 0.312. The summed E-state index contributed by atoms with van der Waals surface area (Å²) in [5, 5.41) is 6.07. The molecule has 2 aliphatic heterocycles. The molecule has 4 aromatic rings. The van der Waals surface area contributed by atoms with Gasteiger partial charge >= 0.3 is 0 Å². The van der Waals surface area contributed by atoms with Crippen LogP contribution in [0.15, 0.2) is 72.8 Å². The van der Waals surface area contributed by atoms with Gasteiger partial charge in [0.05, 0.1) is 11.3 Å². The molecule has 1 atom stereocenters. The highest BCUT2D eigenvalue weighted by molar-refractivity contribution is 8.26. The second kappa shape index (κ2) is 5.36. The minimum absolute atomic E-state index is 0.640. The van der Waals surface area contributed by atoms with E-state index in [0.29, 0.717) is 5.02 Å². The zero-order valence-corrected chi connectivity index (χ0v) is 16.4. The van der Waals surface area contributed by atoms with E-state index >= 15 is 0 Å². The maximum absolute atomic E-state index is 6.54. The lowest BCUT2D eigenvalue weighted by atomic mass is 10.1. The van der Waals surface area contributed by atoms with E-state index in [1.54, 1.807) is 0 Å². The topological polar surface area (TPSA) is 18.5 Å². The van der Waals surface area contributed by atoms with Gasteiger partial charge in [0.1, 0.15) is 23.0 Å². The summed E-state index contributed by atoms with van der Waals surface area (Å²) < 4.78 is 12.5. The lowest BCUT2D eigenvalue weighted by Crippen LogP contribution is -2.35. The van der Waals surface area contributed by atoms with Crippen LogP contribution in [0.2, 0.25) is 5.02 Å². The Morgan fingerprint density at radius 2 is 1.44 bits per heavy atom. The highest BCUT2D eigenvalue weighted by Gasteiger charge is 2.43. The van der Waals surface area contributed by atoms with Gasteiger partial charge in [-0.15, -0.1) is 0 Å². The van der Waals surface area contributed by atoms with Crippen molar-refractivity contribution in [3.05, 3.63) is 77.8 Å². The summed E-state index contributed by atoms with van der Waals surface area (Å²) in [6.07, 6.45) is 0. The van der Waals surface area contributed by atoms with Crippen molar-refractivity contribution >= 4 is 56.1 Å². The normalized spacial score (nSPS) is 18.7. The molecule has 4 aromatic carbocycles. The lowest BCUT2D eigenvalue weighted by molar-refractivity contribution is 0.467. The van der Waals surface area contributed by atoms with Gasteiger partial charge in [0.15, 0.2) is 0 Å². The molecule has 1 unspecified atom stereocenters. The zero-order valence-electron chi connectivity index (χ0n) is 14.0. The monoisotopic (exact) mass is 406 g/mol. The van der Waals surface area contributed by atoms with Crippen molar-refractivity contribution in [2.45, 2.75) is 0 Å². The highest BCUT2D eigenvalue weighted by Crippen LogP contribution is 2.59. The smallest absolute Gasteiger partial charge is 0.140 e. The van der Waals surface area contributed by atoms with Crippen LogP contribution in [0.4, 0.5) is 0 Å². The van der Waals surface area contributed by atoms with E-state index in [9.17, 15) is 0 Å². The molecule has 6 rings (SSSR count). The minimum atomic E-state index is -2.36. The summed E-state index contributed by atoms with van der Waals surface area (Å²) >= 11 is 12.8. The number of hydrogen-bond donors (Lipinski definition) is 0. The van der Waals surface area contributed by atoms with Crippen LogP contribution >= 0.6 is 17.6 Å². The Morgan fingerprint density at radius 3 is 2.30 bits per heavy atom. The average molecular weight is 407 g/mol. The van der Waals surface area contributed by atoms with E-state index in [4.69, 9.17) is 32.9 Å². The van der Waals surface area contributed by atoms with Crippen LogP contribution in [-0.4, -0.2) is 0 Å². The number of fused-ring (bicyclic) bond motifs is 6. The van der Waals surface area contributed by atoms with Crippen molar-refractivity contribution in [1.82, 2.24) is 0 Å². The van der Waals surface area contributed by atoms with Crippen molar-refractivity contribution in [3.63, 3.8) is 0 Å². The van der Waals surface area contributed by atoms with E-state index in [1.165, 1.54) is 0 Å². The standard InChI is InChI=1S/C22H12ClO2PS/c23-14-9-11-20-19(12-14)25-17-7-3-6-16-22(17)26(20,27)21-15-5-2-1-4-13(15)8-10-18(21)24-16/h1-12H. The Kier molecular flexibility index (Phi) is 3.12. The molecule has 130 valence electrons. The minimum Gasteiger partial charge on any atom is -0.456 e. The third kappa shape index (κ3) is 2.00. The van der Waals surface area contributed by atoms with E-state index < -0.39 is 6.04 Å². The number of benzene rings is 4. The van der Waals surface area contributed by atoms with Crippen LogP contribution in [0.3, 0.4) is 0 Å². The Balaban J connectivity index is 1.83. The molecule has 5 heteroatoms. The molecule has 0 saturated heterocycles. The Bertz CT molecular complexity index is 1330. The SMILES string of the molecule is S=P12c3ccc(Cl)cc3Oc3cccc(c31)Oc1ccc3ccccc3c12. The molecule has 0 saturated carbocycles. The summed E-state index contributed by atoms with van der Waals surface area (Å²) in [6.45, 7) is 0. The van der Waals surface area contributed by atoms with Crippen molar-refractivity contribution in [2.24, 2.45) is 0 Å². The first-order chi connectivity index (χ1) is 13.2. The van der Waals surface area contributed by atoms with Gasteiger partial charge in [0, 0.05) is 21.7 Å². The van der Waals surface area contributed by atoms with Crippen LogP contribution in [0, 0.1) is 0 Å². The summed E-state index contributed by atoms with van der Waals surface area (Å²) in [5.41, 5.74) is 0. The molecule has 0 aromatic heterocycles. The maximum atomic E-state index is 6.54. The van der Waals surface area contributed by atoms with Crippen molar-refractivity contribution in [3.8, 4) is 23.0 Å². The third-order valence-electron chi connectivity index (χ3n) is 5.16. The van der Waals surface area contributed by atoms with Crippen molar-refractivity contribution in [1.29, 1.82) is 0 Å². The summed E-state index contributed by atoms with van der Waals surface area (Å²) in [4.78, 5) is 0. The Morgan fingerprint density at radius 1 is 0.704 bits per heavy atom. The first kappa shape index (κ1) is 15.7. The van der Waals surface area contributed by atoms with Gasteiger partial charge in [-0.1, -0.05) is 59.8 Å². The molecule has 0 aliphatic carbocycles. The first-order valence-electron chi connectivity index (χ1n) is 8.58. The van der Waals surface area contributed by atoms with Gasteiger partial charge in [0.2, 0.25) is 0 Å². The second-order valence-corrected chi connectivity index (χ2v) is 11.3. The fourth-order valence-corrected chi connectivity index (χ4v) is 9.00. The average Bonchev–Trinajstić information content (AvgIpc) is 2.67. The molecule has 27 heavy (non-hydrogen) atoms. The fourth-order valence-electron chi connectivity index (χ4n) is 4.04. The molecule has 0 fully saturated rings. The molecule has 0 spiro atoms. The molecule has 2 nitrogen and oxygen atoms in total. The van der Waals surface area contributed by atoms with Crippen LogP contribution in [0.1, 0.15) is 0 Å². The molecule has 2 heterocycles. The van der Waals surface area contributed by atoms with Crippen molar-refractivity contribution < 1.29 is 9.47 Å². The van der Waals surface area contributed by atoms with E-state index in [-0.39, 0.29) is 0 Å². The lowest BCUT2D eigenvalue weighted by Gasteiger charge is -2.37. The predicted octanol–water partition coefficient (Wildman–Crippen LogP) is 5.46. The van der Waals surface area contributed by atoms with Gasteiger partial charge in [-0.05, 0) is 41.1 Å². The molecule has 0 amide bonds. The summed E-state index contributed by atoms with van der Waals surface area (Å²) in [6, 6.07) is 21.8. The first-order valence-corrected chi connectivity index (χ1v) is 11.8. The second-order valence-electron chi connectivity index (χ2n) is 6.66. The largest absolute Gasteiger partial charge is 0.456 e. The molecule has 0 bridgehead atoms. The third-order valence-corrected chi connectivity index (χ3v) is 10.3. The molecule has 0 radical (unpaired) electrons. The highest BCUT2D eigenvalue weighted by atomic mass is 35.5.